The molecule has 0 fully saturated rings. The number of aromatic carboxylic acids is 1. The van der Waals surface area contributed by atoms with Crippen molar-refractivity contribution in [1.29, 1.82) is 0 Å². The number of ketones is 1. The van der Waals surface area contributed by atoms with Gasteiger partial charge in [0.25, 0.3) is 0 Å². The largest absolute Gasteiger partial charge is 0.478 e. The van der Waals surface area contributed by atoms with Gasteiger partial charge in [-0.3, -0.25) is 4.79 Å². The summed E-state index contributed by atoms with van der Waals surface area (Å²) in [5.41, 5.74) is 3.95. The van der Waals surface area contributed by atoms with Crippen LogP contribution in [0.1, 0.15) is 75.9 Å². The van der Waals surface area contributed by atoms with Crippen LogP contribution in [0, 0.1) is 0 Å². The molecule has 3 heteroatoms. The molecular formula is C22H24O3. The summed E-state index contributed by atoms with van der Waals surface area (Å²) >= 11 is 0. The molecule has 1 N–H and O–H groups in total. The molecule has 0 radical (unpaired) electrons. The molecule has 0 heterocycles. The first-order valence-electron chi connectivity index (χ1n) is 9.15. The van der Waals surface area contributed by atoms with Gasteiger partial charge in [-0.05, 0) is 48.9 Å². The summed E-state index contributed by atoms with van der Waals surface area (Å²) in [7, 11) is 0. The number of carboxylic acids is 1. The molecule has 0 atom stereocenters. The van der Waals surface area contributed by atoms with Gasteiger partial charge in [0.2, 0.25) is 0 Å². The Morgan fingerprint density at radius 3 is 2.00 bits per heavy atom. The number of aryl methyl sites for hydroxylation is 2. The summed E-state index contributed by atoms with van der Waals surface area (Å²) in [6, 6.07) is 12.4. The first-order chi connectivity index (χ1) is 12.1. The average molecular weight is 336 g/mol. The number of fused-ring (bicyclic) bond motifs is 2. The number of carbonyl (C=O) groups is 2. The van der Waals surface area contributed by atoms with Crippen LogP contribution in [0.5, 0.6) is 0 Å². The molecule has 25 heavy (non-hydrogen) atoms. The predicted octanol–water partition coefficient (Wildman–Crippen LogP) is 5.06. The van der Waals surface area contributed by atoms with Gasteiger partial charge in [-0.2, -0.15) is 0 Å². The molecule has 2 aromatic rings. The molecule has 0 amide bonds. The van der Waals surface area contributed by atoms with Crippen LogP contribution >= 0.6 is 0 Å². The Morgan fingerprint density at radius 1 is 0.720 bits per heavy atom. The second-order valence-electron chi connectivity index (χ2n) is 6.82. The fourth-order valence-corrected chi connectivity index (χ4v) is 3.50. The van der Waals surface area contributed by atoms with Gasteiger partial charge in [0.15, 0.2) is 5.78 Å². The standard InChI is InChI=1S/C22H24O3/c23-21(17-10-12-18(13-11-17)22(24)25)20-14-9-16-7-5-3-1-2-4-6-8-19(20)15-16/h9-15H,1-8H2,(H,24,25). The number of carbonyl (C=O) groups excluding carboxylic acids is 1. The molecule has 0 spiro atoms. The zero-order valence-corrected chi connectivity index (χ0v) is 14.5. The Balaban J connectivity index is 1.88. The Morgan fingerprint density at radius 2 is 1.32 bits per heavy atom. The van der Waals surface area contributed by atoms with E-state index in [2.05, 4.69) is 12.1 Å². The lowest BCUT2D eigenvalue weighted by Crippen LogP contribution is -2.07. The molecule has 2 bridgehead atoms. The lowest BCUT2D eigenvalue weighted by molar-refractivity contribution is 0.0696. The molecule has 0 aliphatic heterocycles. The van der Waals surface area contributed by atoms with Crippen LogP contribution in [-0.4, -0.2) is 16.9 Å². The molecule has 0 saturated heterocycles. The van der Waals surface area contributed by atoms with Crippen LogP contribution in [0.15, 0.2) is 42.5 Å². The summed E-state index contributed by atoms with van der Waals surface area (Å²) in [4.78, 5) is 23.9. The van der Waals surface area contributed by atoms with E-state index in [1.165, 1.54) is 49.8 Å². The summed E-state index contributed by atoms with van der Waals surface area (Å²) in [5, 5.41) is 9.00. The van der Waals surface area contributed by atoms with Gasteiger partial charge >= 0.3 is 5.97 Å². The van der Waals surface area contributed by atoms with Crippen LogP contribution in [0.25, 0.3) is 0 Å². The molecule has 2 aromatic carbocycles. The minimum absolute atomic E-state index is 0.0200. The molecule has 1 aliphatic carbocycles. The van der Waals surface area contributed by atoms with Crippen LogP contribution < -0.4 is 0 Å². The first kappa shape index (κ1) is 17.4. The third kappa shape index (κ3) is 4.36. The number of benzene rings is 2. The van der Waals surface area contributed by atoms with Crippen molar-refractivity contribution in [3.8, 4) is 0 Å². The third-order valence-electron chi connectivity index (χ3n) is 4.97. The Hall–Kier alpha value is -2.42. The van der Waals surface area contributed by atoms with Crippen LogP contribution in [0.3, 0.4) is 0 Å². The van der Waals surface area contributed by atoms with Crippen molar-refractivity contribution >= 4 is 11.8 Å². The van der Waals surface area contributed by atoms with E-state index in [1.54, 1.807) is 12.1 Å². The Bertz CT molecular complexity index is 759. The summed E-state index contributed by atoms with van der Waals surface area (Å²) in [5.74, 6) is -0.997. The topological polar surface area (TPSA) is 54.4 Å². The minimum Gasteiger partial charge on any atom is -0.478 e. The second kappa shape index (κ2) is 8.11. The minimum atomic E-state index is -0.977. The van der Waals surface area contributed by atoms with E-state index in [4.69, 9.17) is 5.11 Å². The molecule has 3 rings (SSSR count). The maximum atomic E-state index is 12.9. The van der Waals surface area contributed by atoms with Crippen molar-refractivity contribution in [3.05, 3.63) is 70.3 Å². The van der Waals surface area contributed by atoms with Crippen LogP contribution in [-0.2, 0) is 12.8 Å². The molecular weight excluding hydrogens is 312 g/mol. The predicted molar refractivity (Wildman–Crippen MR) is 98.4 cm³/mol. The van der Waals surface area contributed by atoms with E-state index >= 15 is 0 Å². The number of carboxylic acid groups (broad SMARTS) is 1. The smallest absolute Gasteiger partial charge is 0.335 e. The van der Waals surface area contributed by atoms with Crippen molar-refractivity contribution in [1.82, 2.24) is 0 Å². The van der Waals surface area contributed by atoms with Crippen LogP contribution in [0.4, 0.5) is 0 Å². The van der Waals surface area contributed by atoms with Gasteiger partial charge in [-0.15, -0.1) is 0 Å². The van der Waals surface area contributed by atoms with Crippen molar-refractivity contribution in [3.63, 3.8) is 0 Å². The molecule has 0 saturated carbocycles. The zero-order chi connectivity index (χ0) is 17.6. The van der Waals surface area contributed by atoms with E-state index in [0.29, 0.717) is 5.56 Å². The maximum absolute atomic E-state index is 12.9. The number of hydrogen-bond acceptors (Lipinski definition) is 2. The Labute approximate surface area is 148 Å². The Kier molecular flexibility index (Phi) is 5.64. The third-order valence-corrected chi connectivity index (χ3v) is 4.97. The van der Waals surface area contributed by atoms with Crippen molar-refractivity contribution in [2.75, 3.05) is 0 Å². The van der Waals surface area contributed by atoms with Gasteiger partial charge < -0.3 is 5.11 Å². The fourth-order valence-electron chi connectivity index (χ4n) is 3.50. The van der Waals surface area contributed by atoms with E-state index in [1.807, 2.05) is 6.07 Å². The van der Waals surface area contributed by atoms with Gasteiger partial charge in [-0.25, -0.2) is 4.79 Å². The molecule has 3 nitrogen and oxygen atoms in total. The summed E-state index contributed by atoms with van der Waals surface area (Å²) < 4.78 is 0. The van der Waals surface area contributed by atoms with E-state index < -0.39 is 5.97 Å². The molecule has 0 aromatic heterocycles. The van der Waals surface area contributed by atoms with Gasteiger partial charge in [0, 0.05) is 11.1 Å². The first-order valence-corrected chi connectivity index (χ1v) is 9.15. The normalized spacial score (nSPS) is 15.2. The van der Waals surface area contributed by atoms with E-state index in [0.717, 1.165) is 30.4 Å². The number of rotatable bonds is 3. The highest BCUT2D eigenvalue weighted by atomic mass is 16.4. The maximum Gasteiger partial charge on any atom is 0.335 e. The number of hydrogen-bond donors (Lipinski definition) is 1. The highest BCUT2D eigenvalue weighted by molar-refractivity contribution is 6.10. The summed E-state index contributed by atoms with van der Waals surface area (Å²) in [6.45, 7) is 0. The van der Waals surface area contributed by atoms with Gasteiger partial charge in [0.1, 0.15) is 0 Å². The summed E-state index contributed by atoms with van der Waals surface area (Å²) in [6.07, 6.45) is 9.41. The van der Waals surface area contributed by atoms with Crippen molar-refractivity contribution in [2.24, 2.45) is 0 Å². The van der Waals surface area contributed by atoms with Gasteiger partial charge in [0.05, 0.1) is 5.56 Å². The lowest BCUT2D eigenvalue weighted by atomic mass is 9.92. The van der Waals surface area contributed by atoms with E-state index in [-0.39, 0.29) is 11.3 Å². The van der Waals surface area contributed by atoms with Crippen molar-refractivity contribution in [2.45, 2.75) is 51.4 Å². The van der Waals surface area contributed by atoms with Crippen LogP contribution in [0.2, 0.25) is 0 Å². The molecule has 130 valence electrons. The fraction of sp³-hybridized carbons (Fsp3) is 0.364. The lowest BCUT2D eigenvalue weighted by Gasteiger charge is -2.11. The second-order valence-corrected chi connectivity index (χ2v) is 6.82. The zero-order valence-electron chi connectivity index (χ0n) is 14.5. The molecule has 0 unspecified atom stereocenters. The van der Waals surface area contributed by atoms with E-state index in [9.17, 15) is 9.59 Å². The average Bonchev–Trinajstić information content (AvgIpc) is 2.67. The highest BCUT2D eigenvalue weighted by Crippen LogP contribution is 2.22. The van der Waals surface area contributed by atoms with Gasteiger partial charge in [-0.1, -0.05) is 56.0 Å². The quantitative estimate of drug-likeness (QED) is 0.798. The SMILES string of the molecule is O=C(O)c1ccc(C(=O)c2ccc3cc2CCCCCCCC3)cc1. The molecule has 1 aliphatic rings. The van der Waals surface area contributed by atoms with Crippen molar-refractivity contribution < 1.29 is 14.7 Å². The highest BCUT2D eigenvalue weighted by Gasteiger charge is 2.15. The monoisotopic (exact) mass is 336 g/mol.